The van der Waals surface area contributed by atoms with E-state index in [-0.39, 0.29) is 23.0 Å². The largest absolute Gasteiger partial charge is 0.462 e. The van der Waals surface area contributed by atoms with Gasteiger partial charge in [0.1, 0.15) is 4.88 Å². The van der Waals surface area contributed by atoms with Crippen LogP contribution in [0.25, 0.3) is 0 Å². The predicted molar refractivity (Wildman–Crippen MR) is 97.4 cm³/mol. The lowest BCUT2D eigenvalue weighted by Gasteiger charge is -2.10. The van der Waals surface area contributed by atoms with Crippen molar-refractivity contribution >= 4 is 40.0 Å². The smallest absolute Gasteiger partial charge is 0.348 e. The van der Waals surface area contributed by atoms with Crippen molar-refractivity contribution in [2.24, 2.45) is 0 Å². The van der Waals surface area contributed by atoms with Gasteiger partial charge in [0.05, 0.1) is 17.4 Å². The van der Waals surface area contributed by atoms with E-state index in [1.807, 2.05) is 20.8 Å². The number of esters is 1. The quantitative estimate of drug-likeness (QED) is 0.601. The molecular formula is C16H21N3O4S2. The van der Waals surface area contributed by atoms with Gasteiger partial charge in [0.25, 0.3) is 5.22 Å². The molecule has 2 heterocycles. The molecule has 1 amide bonds. The molecule has 1 N–H and O–H groups in total. The van der Waals surface area contributed by atoms with Crippen molar-refractivity contribution in [1.29, 1.82) is 0 Å². The van der Waals surface area contributed by atoms with Crippen LogP contribution < -0.4 is 5.32 Å². The van der Waals surface area contributed by atoms with Crippen molar-refractivity contribution in [1.82, 2.24) is 10.2 Å². The van der Waals surface area contributed by atoms with Crippen molar-refractivity contribution in [2.75, 3.05) is 17.7 Å². The van der Waals surface area contributed by atoms with Crippen molar-refractivity contribution in [3.63, 3.8) is 0 Å². The number of carbonyl (C=O) groups is 2. The van der Waals surface area contributed by atoms with Crippen LogP contribution in [0.3, 0.4) is 0 Å². The molecule has 0 aliphatic rings. The Labute approximate surface area is 154 Å². The maximum Gasteiger partial charge on any atom is 0.348 e. The van der Waals surface area contributed by atoms with E-state index in [9.17, 15) is 9.59 Å². The molecule has 0 saturated carbocycles. The van der Waals surface area contributed by atoms with Gasteiger partial charge >= 0.3 is 5.97 Å². The van der Waals surface area contributed by atoms with Crippen molar-refractivity contribution < 1.29 is 18.7 Å². The van der Waals surface area contributed by atoms with E-state index < -0.39 is 0 Å². The number of aromatic nitrogens is 2. The minimum Gasteiger partial charge on any atom is -0.462 e. The third kappa shape index (κ3) is 5.30. The molecule has 0 aliphatic carbocycles. The summed E-state index contributed by atoms with van der Waals surface area (Å²) in [6.45, 7) is 9.80. The highest BCUT2D eigenvalue weighted by molar-refractivity contribution is 7.99. The molecule has 2 rings (SSSR count). The van der Waals surface area contributed by atoms with Gasteiger partial charge in [0, 0.05) is 5.41 Å². The zero-order valence-corrected chi connectivity index (χ0v) is 16.5. The summed E-state index contributed by atoms with van der Waals surface area (Å²) in [6.07, 6.45) is 0. The maximum absolute atomic E-state index is 12.1. The zero-order chi connectivity index (χ0) is 18.6. The van der Waals surface area contributed by atoms with Crippen LogP contribution in [0.15, 0.2) is 15.7 Å². The zero-order valence-electron chi connectivity index (χ0n) is 14.8. The van der Waals surface area contributed by atoms with E-state index in [2.05, 4.69) is 15.5 Å². The van der Waals surface area contributed by atoms with E-state index in [1.54, 1.807) is 19.9 Å². The summed E-state index contributed by atoms with van der Waals surface area (Å²) in [6, 6.07) is 1.75. The normalized spacial score (nSPS) is 11.4. The first kappa shape index (κ1) is 19.5. The van der Waals surface area contributed by atoms with Crippen LogP contribution >= 0.6 is 23.1 Å². The van der Waals surface area contributed by atoms with Crippen LogP contribution in [0.4, 0.5) is 5.00 Å². The number of ether oxygens (including phenoxy) is 1. The number of nitrogens with one attached hydrogen (secondary N) is 1. The van der Waals surface area contributed by atoms with Crippen LogP contribution in [-0.4, -0.2) is 34.4 Å². The summed E-state index contributed by atoms with van der Waals surface area (Å²) in [7, 11) is 0. The number of thiophene rings is 1. The Kier molecular flexibility index (Phi) is 6.23. The van der Waals surface area contributed by atoms with Gasteiger partial charge in [0.15, 0.2) is 0 Å². The molecule has 136 valence electrons. The second-order valence-corrected chi connectivity index (χ2v) is 8.28. The maximum atomic E-state index is 12.1. The first-order valence-electron chi connectivity index (χ1n) is 7.75. The number of hydrogen-bond donors (Lipinski definition) is 1. The molecule has 0 atom stereocenters. The van der Waals surface area contributed by atoms with Gasteiger partial charge in [-0.3, -0.25) is 4.79 Å². The van der Waals surface area contributed by atoms with Crippen molar-refractivity contribution in [2.45, 2.75) is 45.3 Å². The van der Waals surface area contributed by atoms with Gasteiger partial charge in [-0.1, -0.05) is 32.5 Å². The fourth-order valence-electron chi connectivity index (χ4n) is 1.81. The van der Waals surface area contributed by atoms with E-state index in [0.29, 0.717) is 27.6 Å². The van der Waals surface area contributed by atoms with Gasteiger partial charge < -0.3 is 14.5 Å². The summed E-state index contributed by atoms with van der Waals surface area (Å²) in [5.41, 5.74) is 0.546. The van der Waals surface area contributed by atoms with Gasteiger partial charge in [-0.2, -0.15) is 0 Å². The van der Waals surface area contributed by atoms with Crippen LogP contribution in [0, 0.1) is 6.92 Å². The monoisotopic (exact) mass is 383 g/mol. The van der Waals surface area contributed by atoms with Gasteiger partial charge in [0.2, 0.25) is 11.8 Å². The van der Waals surface area contributed by atoms with Crippen molar-refractivity contribution in [3.8, 4) is 0 Å². The Balaban J connectivity index is 1.91. The van der Waals surface area contributed by atoms with E-state index in [4.69, 9.17) is 9.15 Å². The minimum atomic E-state index is -0.375. The van der Waals surface area contributed by atoms with E-state index >= 15 is 0 Å². The summed E-state index contributed by atoms with van der Waals surface area (Å²) in [5, 5.41) is 11.6. The number of amides is 1. The Morgan fingerprint density at radius 2 is 2.08 bits per heavy atom. The molecule has 9 heteroatoms. The summed E-state index contributed by atoms with van der Waals surface area (Å²) < 4.78 is 10.5. The van der Waals surface area contributed by atoms with Gasteiger partial charge in [-0.05, 0) is 25.5 Å². The molecule has 0 unspecified atom stereocenters. The first-order valence-corrected chi connectivity index (χ1v) is 9.55. The molecule has 0 fully saturated rings. The topological polar surface area (TPSA) is 94.3 Å². The Morgan fingerprint density at radius 3 is 2.68 bits per heavy atom. The number of carbonyl (C=O) groups excluding carboxylic acids is 2. The van der Waals surface area contributed by atoms with Gasteiger partial charge in [-0.15, -0.1) is 21.5 Å². The Hall–Kier alpha value is -1.87. The molecule has 2 aromatic rings. The van der Waals surface area contributed by atoms with Crippen molar-refractivity contribution in [3.05, 3.63) is 22.4 Å². The molecule has 7 nitrogen and oxygen atoms in total. The fourth-order valence-corrected chi connectivity index (χ4v) is 3.36. The second kappa shape index (κ2) is 8.01. The first-order chi connectivity index (χ1) is 11.7. The molecule has 0 aromatic carbocycles. The minimum absolute atomic E-state index is 0.136. The highest BCUT2D eigenvalue weighted by atomic mass is 32.2. The average Bonchev–Trinajstić information content (AvgIpc) is 3.12. The van der Waals surface area contributed by atoms with Crippen LogP contribution in [-0.2, 0) is 14.9 Å². The molecule has 25 heavy (non-hydrogen) atoms. The summed E-state index contributed by atoms with van der Waals surface area (Å²) in [5.74, 6) is 0.0817. The van der Waals surface area contributed by atoms with Crippen LogP contribution in [0.1, 0.15) is 48.8 Å². The van der Waals surface area contributed by atoms with Gasteiger partial charge in [-0.25, -0.2) is 4.79 Å². The lowest BCUT2D eigenvalue weighted by molar-refractivity contribution is -0.113. The van der Waals surface area contributed by atoms with Crippen LogP contribution in [0.2, 0.25) is 0 Å². The third-order valence-electron chi connectivity index (χ3n) is 3.02. The third-order valence-corrected chi connectivity index (χ3v) is 4.97. The average molecular weight is 383 g/mol. The van der Waals surface area contributed by atoms with E-state index in [1.165, 1.54) is 23.1 Å². The molecule has 0 bridgehead atoms. The number of anilines is 1. The lowest BCUT2D eigenvalue weighted by Crippen LogP contribution is -2.13. The lowest BCUT2D eigenvalue weighted by atomic mass is 9.97. The number of rotatable bonds is 6. The predicted octanol–water partition coefficient (Wildman–Crippen LogP) is 3.64. The number of hydrogen-bond acceptors (Lipinski definition) is 8. The summed E-state index contributed by atoms with van der Waals surface area (Å²) >= 11 is 2.37. The number of aryl methyl sites for hydroxylation is 1. The Bertz CT molecular complexity index is 762. The SMILES string of the molecule is CCOC(=O)c1sc(NC(=O)CSc2nnc(C(C)(C)C)o2)cc1C. The number of thioether (sulfide) groups is 1. The Morgan fingerprint density at radius 1 is 1.36 bits per heavy atom. The highest BCUT2D eigenvalue weighted by Crippen LogP contribution is 2.28. The molecule has 0 spiro atoms. The van der Waals surface area contributed by atoms with Crippen LogP contribution in [0.5, 0.6) is 0 Å². The molecule has 2 aromatic heterocycles. The summed E-state index contributed by atoms with van der Waals surface area (Å²) in [4.78, 5) is 24.4. The molecule has 0 aliphatic heterocycles. The molecular weight excluding hydrogens is 362 g/mol. The highest BCUT2D eigenvalue weighted by Gasteiger charge is 2.22. The second-order valence-electron chi connectivity index (χ2n) is 6.30. The van der Waals surface area contributed by atoms with E-state index in [0.717, 1.165) is 5.56 Å². The molecule has 0 saturated heterocycles. The standard InChI is InChI=1S/C16H21N3O4S2/c1-6-22-13(21)12-9(2)7-11(25-12)17-10(20)8-24-15-19-18-14(23-15)16(3,4)5/h7H,6,8H2,1-5H3,(H,17,20). The molecule has 0 radical (unpaired) electrons. The fraction of sp³-hybridized carbons (Fsp3) is 0.500. The number of nitrogens with zero attached hydrogens (tertiary/aromatic N) is 2.